The normalized spacial score (nSPS) is 5.25. The predicted octanol–water partition coefficient (Wildman–Crippen LogP) is -1.03. The van der Waals surface area contributed by atoms with Gasteiger partial charge in [-0.05, 0) is 0 Å². The lowest BCUT2D eigenvalue weighted by molar-refractivity contribution is 0.137. The molecule has 0 atom stereocenters. The number of nitrogens with two attached hydrogens (primary N) is 2. The van der Waals surface area contributed by atoms with Crippen LogP contribution in [-0.2, 0) is 0 Å². The van der Waals surface area contributed by atoms with Crippen LogP contribution in [0.3, 0.4) is 0 Å². The first-order chi connectivity index (χ1) is 3.15. The Hall–Kier alpha value is -0.560. The van der Waals surface area contributed by atoms with Crippen molar-refractivity contribution in [3.05, 3.63) is 0 Å². The van der Waals surface area contributed by atoms with Crippen LogP contribution in [0.5, 0.6) is 0 Å². The topological polar surface area (TPSA) is 122 Å². The molecule has 6 nitrogen and oxygen atoms in total. The zero-order chi connectivity index (χ0) is 6.28. The van der Waals surface area contributed by atoms with Gasteiger partial charge < -0.3 is 10.2 Å². The molecular formula is CH8ClN3O3. The van der Waals surface area contributed by atoms with Crippen LogP contribution in [0.4, 0.5) is 4.79 Å². The highest BCUT2D eigenvalue weighted by Gasteiger charge is 1.70. The molecule has 7 heteroatoms. The van der Waals surface area contributed by atoms with Crippen molar-refractivity contribution in [2.75, 3.05) is 0 Å². The Morgan fingerprint density at radius 1 is 1.38 bits per heavy atom. The smallest absolute Gasteiger partial charge is 0.450 e. The van der Waals surface area contributed by atoms with E-state index >= 15 is 0 Å². The van der Waals surface area contributed by atoms with Gasteiger partial charge in [0.15, 0.2) is 0 Å². The lowest BCUT2D eigenvalue weighted by Crippen LogP contribution is -2.29. The van der Waals surface area contributed by atoms with E-state index in [9.17, 15) is 0 Å². The van der Waals surface area contributed by atoms with Gasteiger partial charge in [-0.2, -0.15) is 5.53 Å². The predicted molar refractivity (Wildman–Crippen MR) is 29.4 cm³/mol. The standard InChI is InChI=1S/CH2O3.ClH.H5N3/c2-1(3)4;;1-3-2/h(H2,2,3,4);1H;3H,1-2H2. The second-order valence-electron chi connectivity index (χ2n) is 0.449. The number of carbonyl (C=O) groups is 1. The molecule has 0 aliphatic rings. The third-order valence-electron chi connectivity index (χ3n) is 0. The Kier molecular flexibility index (Phi) is 31.5. The number of hydrogen-bond acceptors (Lipinski definition) is 4. The Morgan fingerprint density at radius 2 is 1.38 bits per heavy atom. The van der Waals surface area contributed by atoms with Gasteiger partial charge >= 0.3 is 6.16 Å². The summed E-state index contributed by atoms with van der Waals surface area (Å²) in [6.45, 7) is 0. The minimum atomic E-state index is -1.83. The maximum atomic E-state index is 8.56. The fourth-order valence-electron chi connectivity index (χ4n) is 0. The van der Waals surface area contributed by atoms with Gasteiger partial charge in [-0.3, -0.25) is 11.7 Å². The van der Waals surface area contributed by atoms with E-state index in [0.29, 0.717) is 0 Å². The van der Waals surface area contributed by atoms with Gasteiger partial charge in [-0.15, -0.1) is 12.4 Å². The van der Waals surface area contributed by atoms with Crippen molar-refractivity contribution >= 4 is 18.6 Å². The van der Waals surface area contributed by atoms with Gasteiger partial charge in [0, 0.05) is 0 Å². The molecule has 0 aliphatic heterocycles. The molecule has 0 heterocycles. The van der Waals surface area contributed by atoms with Gasteiger partial charge in [0.05, 0.1) is 0 Å². The highest BCUT2D eigenvalue weighted by atomic mass is 35.5. The largest absolute Gasteiger partial charge is 0.503 e. The molecule has 8 heavy (non-hydrogen) atoms. The average molecular weight is 146 g/mol. The minimum Gasteiger partial charge on any atom is -0.450 e. The highest BCUT2D eigenvalue weighted by Crippen LogP contribution is 1.42. The second kappa shape index (κ2) is 16.1. The van der Waals surface area contributed by atoms with Crippen LogP contribution in [0.15, 0.2) is 0 Å². The molecule has 0 aromatic carbocycles. The van der Waals surface area contributed by atoms with Crippen molar-refractivity contribution < 1.29 is 15.0 Å². The van der Waals surface area contributed by atoms with Crippen LogP contribution < -0.4 is 17.2 Å². The van der Waals surface area contributed by atoms with E-state index in [1.807, 2.05) is 0 Å². The summed E-state index contributed by atoms with van der Waals surface area (Å²) >= 11 is 0. The molecule has 0 bridgehead atoms. The first-order valence-electron chi connectivity index (χ1n) is 1.23. The van der Waals surface area contributed by atoms with E-state index in [4.69, 9.17) is 15.0 Å². The Balaban J connectivity index is -0.0000000575. The molecular weight excluding hydrogens is 137 g/mol. The second-order valence-corrected chi connectivity index (χ2v) is 0.449. The summed E-state index contributed by atoms with van der Waals surface area (Å²) in [5.74, 6) is 8.75. The van der Waals surface area contributed by atoms with Crippen molar-refractivity contribution in [1.29, 1.82) is 0 Å². The summed E-state index contributed by atoms with van der Waals surface area (Å²) < 4.78 is 0. The lowest BCUT2D eigenvalue weighted by Gasteiger charge is -1.64. The first-order valence-corrected chi connectivity index (χ1v) is 1.23. The van der Waals surface area contributed by atoms with E-state index < -0.39 is 6.16 Å². The van der Waals surface area contributed by atoms with Gasteiger partial charge in [-0.1, -0.05) is 0 Å². The molecule has 52 valence electrons. The van der Waals surface area contributed by atoms with Crippen LogP contribution in [0.2, 0.25) is 0 Å². The van der Waals surface area contributed by atoms with E-state index in [1.54, 1.807) is 5.53 Å². The van der Waals surface area contributed by atoms with Gasteiger partial charge in [-0.25, -0.2) is 4.79 Å². The zero-order valence-electron chi connectivity index (χ0n) is 3.87. The van der Waals surface area contributed by atoms with Gasteiger partial charge in [0.2, 0.25) is 0 Å². The van der Waals surface area contributed by atoms with Crippen LogP contribution in [0.1, 0.15) is 0 Å². The van der Waals surface area contributed by atoms with E-state index in [-0.39, 0.29) is 12.4 Å². The maximum Gasteiger partial charge on any atom is 0.503 e. The molecule has 0 fully saturated rings. The van der Waals surface area contributed by atoms with E-state index in [1.165, 1.54) is 0 Å². The first kappa shape index (κ1) is 15.7. The highest BCUT2D eigenvalue weighted by molar-refractivity contribution is 5.85. The maximum absolute atomic E-state index is 8.56. The molecule has 0 spiro atoms. The zero-order valence-corrected chi connectivity index (χ0v) is 4.68. The molecule has 0 saturated heterocycles. The average Bonchev–Trinajstić information content (AvgIpc) is 1.33. The molecule has 0 aliphatic carbocycles. The Labute approximate surface area is 51.8 Å². The van der Waals surface area contributed by atoms with Crippen molar-refractivity contribution in [2.24, 2.45) is 11.7 Å². The van der Waals surface area contributed by atoms with Crippen molar-refractivity contribution in [3.63, 3.8) is 0 Å². The third-order valence-corrected chi connectivity index (χ3v) is 0. The monoisotopic (exact) mass is 145 g/mol. The van der Waals surface area contributed by atoms with Gasteiger partial charge in [0.1, 0.15) is 0 Å². The summed E-state index contributed by atoms with van der Waals surface area (Å²) in [6.07, 6.45) is -1.83. The molecule has 0 amide bonds. The number of hydrazine groups is 2. The quantitative estimate of drug-likeness (QED) is 0.219. The SMILES string of the molecule is Cl.NNN.O=C(O)O. The fourth-order valence-corrected chi connectivity index (χ4v) is 0. The molecule has 0 saturated carbocycles. The van der Waals surface area contributed by atoms with E-state index in [2.05, 4.69) is 11.7 Å². The lowest BCUT2D eigenvalue weighted by atomic mass is 11.5. The van der Waals surface area contributed by atoms with Crippen LogP contribution in [0, 0.1) is 0 Å². The number of carboxylic acid groups (broad SMARTS) is 2. The summed E-state index contributed by atoms with van der Waals surface area (Å²) in [4.78, 5) is 8.56. The van der Waals surface area contributed by atoms with Crippen LogP contribution in [-0.4, -0.2) is 16.4 Å². The van der Waals surface area contributed by atoms with Crippen LogP contribution >= 0.6 is 12.4 Å². The molecule has 7 N–H and O–H groups in total. The molecule has 0 unspecified atom stereocenters. The van der Waals surface area contributed by atoms with Crippen LogP contribution in [0.25, 0.3) is 0 Å². The molecule has 0 radical (unpaired) electrons. The number of rotatable bonds is 0. The third kappa shape index (κ3) is 342. The van der Waals surface area contributed by atoms with Crippen molar-refractivity contribution in [3.8, 4) is 0 Å². The molecule has 0 rings (SSSR count). The number of nitrogens with one attached hydrogen (secondary N) is 1. The Morgan fingerprint density at radius 3 is 1.38 bits per heavy atom. The van der Waals surface area contributed by atoms with Gasteiger partial charge in [0.25, 0.3) is 0 Å². The minimum absolute atomic E-state index is 0. The fraction of sp³-hybridized carbons (Fsp3) is 0. The van der Waals surface area contributed by atoms with Crippen molar-refractivity contribution in [1.82, 2.24) is 5.53 Å². The molecule has 0 aromatic heterocycles. The van der Waals surface area contributed by atoms with Crippen molar-refractivity contribution in [2.45, 2.75) is 0 Å². The number of hydrogen-bond donors (Lipinski definition) is 5. The number of halogens is 1. The summed E-state index contributed by atoms with van der Waals surface area (Å²) in [6, 6.07) is 0. The molecule has 0 aromatic rings. The summed E-state index contributed by atoms with van der Waals surface area (Å²) in [7, 11) is 0. The van der Waals surface area contributed by atoms with E-state index in [0.717, 1.165) is 0 Å². The summed E-state index contributed by atoms with van der Waals surface area (Å²) in [5, 5.41) is 13.9. The Bertz CT molecular complexity index is 45.8. The summed E-state index contributed by atoms with van der Waals surface area (Å²) in [5.41, 5.74) is 1.75.